The van der Waals surface area contributed by atoms with Crippen molar-refractivity contribution in [2.75, 3.05) is 6.61 Å². The monoisotopic (exact) mass is 260 g/mol. The number of benzene rings is 1. The molecule has 2 N–H and O–H groups in total. The van der Waals surface area contributed by atoms with Crippen LogP contribution in [0, 0.1) is 0 Å². The lowest BCUT2D eigenvalue weighted by atomic mass is 10.2. The van der Waals surface area contributed by atoms with Crippen molar-refractivity contribution in [3.63, 3.8) is 0 Å². The van der Waals surface area contributed by atoms with E-state index >= 15 is 0 Å². The van der Waals surface area contributed by atoms with E-state index in [2.05, 4.69) is 17.2 Å². The Balaban J connectivity index is 1.96. The molecule has 1 aromatic heterocycles. The maximum Gasteiger partial charge on any atom is 0.119 e. The van der Waals surface area contributed by atoms with Crippen LogP contribution in [0.1, 0.15) is 24.7 Å². The number of ether oxygens (including phenoxy) is 1. The first kappa shape index (κ1) is 13.5. The second kappa shape index (κ2) is 6.89. The van der Waals surface area contributed by atoms with Gasteiger partial charge in [-0.3, -0.25) is 0 Å². The highest BCUT2D eigenvalue weighted by Gasteiger charge is 2.11. The predicted octanol–water partition coefficient (Wildman–Crippen LogP) is 1.77. The van der Waals surface area contributed by atoms with Gasteiger partial charge in [-0.2, -0.15) is 0 Å². The van der Waals surface area contributed by atoms with Gasteiger partial charge in [-0.1, -0.05) is 30.3 Å². The fourth-order valence-electron chi connectivity index (χ4n) is 1.97. The lowest BCUT2D eigenvalue weighted by Crippen LogP contribution is -2.12. The minimum atomic E-state index is 0.421. The number of rotatable bonds is 7. The summed E-state index contributed by atoms with van der Waals surface area (Å²) in [5.41, 5.74) is 7.64. The molecular formula is C14H20N4O. The number of nitrogens with zero attached hydrogens (tertiary/aromatic N) is 3. The normalized spacial score (nSPS) is 10.6. The van der Waals surface area contributed by atoms with Gasteiger partial charge in [0.05, 0.1) is 18.0 Å². The van der Waals surface area contributed by atoms with Gasteiger partial charge in [0, 0.05) is 19.5 Å². The van der Waals surface area contributed by atoms with Crippen molar-refractivity contribution in [1.29, 1.82) is 0 Å². The smallest absolute Gasteiger partial charge is 0.119 e. The van der Waals surface area contributed by atoms with E-state index in [9.17, 15) is 0 Å². The third kappa shape index (κ3) is 3.54. The first-order chi connectivity index (χ1) is 9.35. The van der Waals surface area contributed by atoms with Crippen LogP contribution in [-0.2, 0) is 19.5 Å². The van der Waals surface area contributed by atoms with E-state index < -0.39 is 0 Å². The first-order valence-corrected chi connectivity index (χ1v) is 6.64. The average Bonchev–Trinajstić information content (AvgIpc) is 2.83. The van der Waals surface area contributed by atoms with Crippen molar-refractivity contribution in [1.82, 2.24) is 15.0 Å². The highest BCUT2D eigenvalue weighted by molar-refractivity contribution is 5.21. The summed E-state index contributed by atoms with van der Waals surface area (Å²) in [6, 6.07) is 9.80. The molecule has 1 aromatic carbocycles. The lowest BCUT2D eigenvalue weighted by molar-refractivity contribution is 0.316. The molecule has 0 saturated heterocycles. The molecule has 5 heteroatoms. The molecular weight excluding hydrogens is 240 g/mol. The van der Waals surface area contributed by atoms with Crippen LogP contribution in [0.2, 0.25) is 0 Å². The molecule has 2 aromatic rings. The Kier molecular flexibility index (Phi) is 4.92. The van der Waals surface area contributed by atoms with Crippen molar-refractivity contribution < 1.29 is 4.74 Å². The van der Waals surface area contributed by atoms with Gasteiger partial charge in [-0.25, -0.2) is 4.68 Å². The van der Waals surface area contributed by atoms with E-state index in [0.717, 1.165) is 36.5 Å². The maximum atomic E-state index is 5.70. The molecule has 0 bridgehead atoms. The molecule has 0 unspecified atom stereocenters. The van der Waals surface area contributed by atoms with Crippen molar-refractivity contribution in [2.45, 2.75) is 32.9 Å². The van der Waals surface area contributed by atoms with Gasteiger partial charge < -0.3 is 10.5 Å². The molecule has 0 aliphatic heterocycles. The van der Waals surface area contributed by atoms with Crippen LogP contribution in [0.4, 0.5) is 0 Å². The number of hydrogen-bond acceptors (Lipinski definition) is 4. The Labute approximate surface area is 113 Å². The predicted molar refractivity (Wildman–Crippen MR) is 73.8 cm³/mol. The Morgan fingerprint density at radius 2 is 2.05 bits per heavy atom. The summed E-state index contributed by atoms with van der Waals surface area (Å²) in [6.45, 7) is 4.01. The second-order valence-corrected chi connectivity index (χ2v) is 4.32. The zero-order valence-corrected chi connectivity index (χ0v) is 11.2. The Morgan fingerprint density at radius 1 is 1.26 bits per heavy atom. The zero-order chi connectivity index (χ0) is 13.5. The van der Waals surface area contributed by atoms with E-state index in [-0.39, 0.29) is 0 Å². The standard InChI is InChI=1S/C14H20N4O/c1-2-9-18-14(13(11-15)16-17-18)8-10-19-12-6-4-3-5-7-12/h3-7H,2,8-11,15H2,1H3. The molecule has 0 aliphatic rings. The molecule has 0 aliphatic carbocycles. The third-order valence-corrected chi connectivity index (χ3v) is 2.90. The zero-order valence-electron chi connectivity index (χ0n) is 11.2. The largest absolute Gasteiger partial charge is 0.493 e. The summed E-state index contributed by atoms with van der Waals surface area (Å²) in [7, 11) is 0. The van der Waals surface area contributed by atoms with Gasteiger partial charge in [-0.15, -0.1) is 5.10 Å². The SMILES string of the molecule is CCCn1nnc(CN)c1CCOc1ccccc1. The first-order valence-electron chi connectivity index (χ1n) is 6.64. The number of nitrogens with two attached hydrogens (primary N) is 1. The number of aromatic nitrogens is 3. The fraction of sp³-hybridized carbons (Fsp3) is 0.429. The van der Waals surface area contributed by atoms with Crippen molar-refractivity contribution in [3.8, 4) is 5.75 Å². The Bertz CT molecular complexity index is 495. The maximum absolute atomic E-state index is 5.70. The minimum Gasteiger partial charge on any atom is -0.493 e. The summed E-state index contributed by atoms with van der Waals surface area (Å²) < 4.78 is 7.63. The summed E-state index contributed by atoms with van der Waals surface area (Å²) in [6.07, 6.45) is 1.80. The van der Waals surface area contributed by atoms with E-state index in [4.69, 9.17) is 10.5 Å². The van der Waals surface area contributed by atoms with E-state index in [0.29, 0.717) is 13.2 Å². The number of para-hydroxylation sites is 1. The molecule has 19 heavy (non-hydrogen) atoms. The molecule has 2 rings (SSSR count). The van der Waals surface area contributed by atoms with Gasteiger partial charge in [0.25, 0.3) is 0 Å². The summed E-state index contributed by atoms with van der Waals surface area (Å²) in [4.78, 5) is 0. The van der Waals surface area contributed by atoms with Crippen LogP contribution in [0.15, 0.2) is 30.3 Å². The molecule has 0 fully saturated rings. The van der Waals surface area contributed by atoms with Gasteiger partial charge in [0.2, 0.25) is 0 Å². The topological polar surface area (TPSA) is 66.0 Å². The lowest BCUT2D eigenvalue weighted by Gasteiger charge is -2.08. The third-order valence-electron chi connectivity index (χ3n) is 2.90. The summed E-state index contributed by atoms with van der Waals surface area (Å²) >= 11 is 0. The van der Waals surface area contributed by atoms with E-state index in [1.165, 1.54) is 0 Å². The average molecular weight is 260 g/mol. The molecule has 5 nitrogen and oxygen atoms in total. The van der Waals surface area contributed by atoms with Gasteiger partial charge >= 0.3 is 0 Å². The Morgan fingerprint density at radius 3 is 2.74 bits per heavy atom. The molecule has 0 atom stereocenters. The van der Waals surface area contributed by atoms with Gasteiger partial charge in [-0.05, 0) is 18.6 Å². The van der Waals surface area contributed by atoms with Crippen LogP contribution in [0.5, 0.6) is 5.75 Å². The van der Waals surface area contributed by atoms with Crippen molar-refractivity contribution in [2.24, 2.45) is 5.73 Å². The van der Waals surface area contributed by atoms with Crippen molar-refractivity contribution >= 4 is 0 Å². The number of hydrogen-bond donors (Lipinski definition) is 1. The van der Waals surface area contributed by atoms with Crippen LogP contribution in [-0.4, -0.2) is 21.6 Å². The van der Waals surface area contributed by atoms with Crippen LogP contribution < -0.4 is 10.5 Å². The minimum absolute atomic E-state index is 0.421. The van der Waals surface area contributed by atoms with E-state index in [1.54, 1.807) is 0 Å². The number of aryl methyl sites for hydroxylation is 1. The molecule has 0 amide bonds. The van der Waals surface area contributed by atoms with Crippen LogP contribution in [0.3, 0.4) is 0 Å². The fourth-order valence-corrected chi connectivity index (χ4v) is 1.97. The molecule has 0 radical (unpaired) electrons. The molecule has 102 valence electrons. The highest BCUT2D eigenvalue weighted by atomic mass is 16.5. The van der Waals surface area contributed by atoms with E-state index in [1.807, 2.05) is 35.0 Å². The molecule has 0 spiro atoms. The molecule has 0 saturated carbocycles. The molecule has 1 heterocycles. The highest BCUT2D eigenvalue weighted by Crippen LogP contribution is 2.11. The van der Waals surface area contributed by atoms with Gasteiger partial charge in [0.1, 0.15) is 5.75 Å². The van der Waals surface area contributed by atoms with Crippen molar-refractivity contribution in [3.05, 3.63) is 41.7 Å². The second-order valence-electron chi connectivity index (χ2n) is 4.32. The van der Waals surface area contributed by atoms with Gasteiger partial charge in [0.15, 0.2) is 0 Å². The summed E-state index contributed by atoms with van der Waals surface area (Å²) in [5, 5.41) is 8.24. The van der Waals surface area contributed by atoms with Crippen LogP contribution >= 0.6 is 0 Å². The Hall–Kier alpha value is -1.88. The quantitative estimate of drug-likeness (QED) is 0.824. The van der Waals surface area contributed by atoms with Crippen LogP contribution in [0.25, 0.3) is 0 Å². The summed E-state index contributed by atoms with van der Waals surface area (Å²) in [5.74, 6) is 0.881.